The first-order valence-corrected chi connectivity index (χ1v) is 9.35. The molecule has 1 heterocycles. The summed E-state index contributed by atoms with van der Waals surface area (Å²) >= 11 is 0. The van der Waals surface area contributed by atoms with Gasteiger partial charge in [0.25, 0.3) is 0 Å². The van der Waals surface area contributed by atoms with Crippen LogP contribution in [0.25, 0.3) is 0 Å². The maximum Gasteiger partial charge on any atom is 0.223 e. The second-order valence-corrected chi connectivity index (χ2v) is 7.27. The van der Waals surface area contributed by atoms with Crippen molar-refractivity contribution >= 4 is 18.3 Å². The van der Waals surface area contributed by atoms with Gasteiger partial charge in [-0.3, -0.25) is 4.79 Å². The quantitative estimate of drug-likeness (QED) is 0.802. The van der Waals surface area contributed by atoms with E-state index in [1.54, 1.807) is 0 Å². The van der Waals surface area contributed by atoms with Crippen LogP contribution in [-0.4, -0.2) is 5.91 Å². The third-order valence-electron chi connectivity index (χ3n) is 5.57. The molecule has 1 aromatic rings. The summed E-state index contributed by atoms with van der Waals surface area (Å²) in [5.41, 5.74) is 3.99. The molecule has 0 saturated heterocycles. The fraction of sp³-hybridized carbons (Fsp3) is 0.650. The van der Waals surface area contributed by atoms with Crippen molar-refractivity contribution in [2.75, 3.05) is 0 Å². The molecule has 2 aliphatic rings. The van der Waals surface area contributed by atoms with Crippen molar-refractivity contribution in [1.29, 1.82) is 0 Å². The number of benzene rings is 1. The Morgan fingerprint density at radius 3 is 2.71 bits per heavy atom. The van der Waals surface area contributed by atoms with Crippen LogP contribution in [0.1, 0.15) is 68.6 Å². The number of carbonyl (C=O) groups excluding carboxylic acids is 1. The Bertz CT molecular complexity index is 540. The predicted octanol–water partition coefficient (Wildman–Crippen LogP) is 4.32. The molecule has 0 spiro atoms. The molecule has 24 heavy (non-hydrogen) atoms. The van der Waals surface area contributed by atoms with Crippen LogP contribution in [-0.2, 0) is 24.4 Å². The topological polar surface area (TPSA) is 41.1 Å². The Balaban J connectivity index is 0.00000208. The summed E-state index contributed by atoms with van der Waals surface area (Å²) in [5, 5.41) is 6.54. The van der Waals surface area contributed by atoms with E-state index in [-0.39, 0.29) is 24.2 Å². The highest BCUT2D eigenvalue weighted by Gasteiger charge is 2.23. The summed E-state index contributed by atoms with van der Waals surface area (Å²) in [4.78, 5) is 12.5. The number of hydrogen-bond acceptors (Lipinski definition) is 2. The van der Waals surface area contributed by atoms with Crippen molar-refractivity contribution in [3.05, 3.63) is 34.9 Å². The SMILES string of the molecule is CCC(CC1CCCCC1)C(=O)NCc1ccc2c(c1)CNC2.Cl. The van der Waals surface area contributed by atoms with E-state index in [1.807, 2.05) is 0 Å². The maximum atomic E-state index is 12.5. The Labute approximate surface area is 152 Å². The van der Waals surface area contributed by atoms with Crippen LogP contribution in [0, 0.1) is 11.8 Å². The minimum absolute atomic E-state index is 0. The van der Waals surface area contributed by atoms with Crippen LogP contribution in [0.3, 0.4) is 0 Å². The summed E-state index contributed by atoms with van der Waals surface area (Å²) in [7, 11) is 0. The lowest BCUT2D eigenvalue weighted by Gasteiger charge is -2.25. The third kappa shape index (κ3) is 4.97. The van der Waals surface area contributed by atoms with Gasteiger partial charge in [0.2, 0.25) is 5.91 Å². The molecule has 1 aliphatic heterocycles. The van der Waals surface area contributed by atoms with Crippen molar-refractivity contribution in [3.63, 3.8) is 0 Å². The fourth-order valence-corrected chi connectivity index (χ4v) is 4.08. The molecular weight excluding hydrogens is 320 g/mol. The van der Waals surface area contributed by atoms with E-state index in [2.05, 4.69) is 35.8 Å². The first-order chi connectivity index (χ1) is 11.3. The maximum absolute atomic E-state index is 12.5. The van der Waals surface area contributed by atoms with Gasteiger partial charge in [-0.05, 0) is 35.4 Å². The highest BCUT2D eigenvalue weighted by molar-refractivity contribution is 5.85. The fourth-order valence-electron chi connectivity index (χ4n) is 4.08. The Morgan fingerprint density at radius 1 is 1.21 bits per heavy atom. The van der Waals surface area contributed by atoms with Gasteiger partial charge in [-0.25, -0.2) is 0 Å². The number of fused-ring (bicyclic) bond motifs is 1. The van der Waals surface area contributed by atoms with Crippen LogP contribution in [0.4, 0.5) is 0 Å². The average Bonchev–Trinajstić information content (AvgIpc) is 3.06. The van der Waals surface area contributed by atoms with Crippen LogP contribution in [0.15, 0.2) is 18.2 Å². The first kappa shape index (κ1) is 19.3. The molecule has 0 aromatic heterocycles. The van der Waals surface area contributed by atoms with Crippen LogP contribution in [0.2, 0.25) is 0 Å². The Kier molecular flexibility index (Phi) is 7.57. The lowest BCUT2D eigenvalue weighted by molar-refractivity contribution is -0.125. The second-order valence-electron chi connectivity index (χ2n) is 7.27. The predicted molar refractivity (Wildman–Crippen MR) is 101 cm³/mol. The van der Waals surface area contributed by atoms with Crippen molar-refractivity contribution in [2.45, 2.75) is 71.5 Å². The average molecular weight is 351 g/mol. The molecule has 1 fully saturated rings. The number of hydrogen-bond donors (Lipinski definition) is 2. The summed E-state index contributed by atoms with van der Waals surface area (Å²) < 4.78 is 0. The minimum atomic E-state index is 0. The molecule has 3 nitrogen and oxygen atoms in total. The van der Waals surface area contributed by atoms with Gasteiger partial charge in [0.15, 0.2) is 0 Å². The molecule has 1 unspecified atom stereocenters. The van der Waals surface area contributed by atoms with Crippen molar-refractivity contribution < 1.29 is 4.79 Å². The molecule has 1 atom stereocenters. The molecule has 2 N–H and O–H groups in total. The van der Waals surface area contributed by atoms with Gasteiger partial charge >= 0.3 is 0 Å². The van der Waals surface area contributed by atoms with Gasteiger partial charge in [-0.15, -0.1) is 12.4 Å². The van der Waals surface area contributed by atoms with Crippen LogP contribution >= 0.6 is 12.4 Å². The van der Waals surface area contributed by atoms with E-state index in [1.165, 1.54) is 48.8 Å². The molecule has 1 aliphatic carbocycles. The molecule has 1 saturated carbocycles. The van der Waals surface area contributed by atoms with Crippen molar-refractivity contribution in [1.82, 2.24) is 10.6 Å². The largest absolute Gasteiger partial charge is 0.352 e. The van der Waals surface area contributed by atoms with Crippen LogP contribution < -0.4 is 10.6 Å². The van der Waals surface area contributed by atoms with Gasteiger partial charge in [-0.1, -0.05) is 57.2 Å². The molecular formula is C20H31ClN2O. The highest BCUT2D eigenvalue weighted by atomic mass is 35.5. The Hall–Kier alpha value is -1.06. The highest BCUT2D eigenvalue weighted by Crippen LogP contribution is 2.30. The zero-order valence-corrected chi connectivity index (χ0v) is 15.6. The molecule has 0 radical (unpaired) electrons. The molecule has 0 bridgehead atoms. The number of halogens is 1. The number of amides is 1. The number of rotatable bonds is 6. The van der Waals surface area contributed by atoms with E-state index in [0.29, 0.717) is 6.54 Å². The Morgan fingerprint density at radius 2 is 1.96 bits per heavy atom. The summed E-state index contributed by atoms with van der Waals surface area (Å²) in [6, 6.07) is 6.57. The van der Waals surface area contributed by atoms with E-state index < -0.39 is 0 Å². The number of nitrogens with one attached hydrogen (secondary N) is 2. The van der Waals surface area contributed by atoms with E-state index >= 15 is 0 Å². The third-order valence-corrected chi connectivity index (χ3v) is 5.57. The monoisotopic (exact) mass is 350 g/mol. The van der Waals surface area contributed by atoms with E-state index in [4.69, 9.17) is 0 Å². The molecule has 1 amide bonds. The van der Waals surface area contributed by atoms with Crippen LogP contribution in [0.5, 0.6) is 0 Å². The van der Waals surface area contributed by atoms with Gasteiger partial charge < -0.3 is 10.6 Å². The molecule has 134 valence electrons. The molecule has 3 rings (SSSR count). The summed E-state index contributed by atoms with van der Waals surface area (Å²) in [5.74, 6) is 1.21. The zero-order valence-electron chi connectivity index (χ0n) is 14.8. The van der Waals surface area contributed by atoms with Crippen molar-refractivity contribution in [2.24, 2.45) is 11.8 Å². The molecule has 4 heteroatoms. The van der Waals surface area contributed by atoms with Crippen molar-refractivity contribution in [3.8, 4) is 0 Å². The smallest absolute Gasteiger partial charge is 0.223 e. The zero-order chi connectivity index (χ0) is 16.1. The molecule has 1 aromatic carbocycles. The van der Waals surface area contributed by atoms with Gasteiger partial charge in [0.05, 0.1) is 0 Å². The van der Waals surface area contributed by atoms with Gasteiger partial charge in [0, 0.05) is 25.6 Å². The normalized spacial score (nSPS) is 18.5. The van der Waals surface area contributed by atoms with Gasteiger partial charge in [-0.2, -0.15) is 0 Å². The lowest BCUT2D eigenvalue weighted by atomic mass is 9.82. The summed E-state index contributed by atoms with van der Waals surface area (Å²) in [6.07, 6.45) is 8.76. The van der Waals surface area contributed by atoms with Gasteiger partial charge in [0.1, 0.15) is 0 Å². The lowest BCUT2D eigenvalue weighted by Crippen LogP contribution is -2.31. The van der Waals surface area contributed by atoms with E-state index in [0.717, 1.165) is 31.8 Å². The minimum Gasteiger partial charge on any atom is -0.352 e. The van der Waals surface area contributed by atoms with E-state index in [9.17, 15) is 4.79 Å². The standard InChI is InChI=1S/C20H30N2O.ClH/c1-2-17(10-15-6-4-3-5-7-15)20(23)22-12-16-8-9-18-13-21-14-19(18)11-16;/h8-9,11,15,17,21H,2-7,10,12-14H2,1H3,(H,22,23);1H. The second kappa shape index (κ2) is 9.43. The summed E-state index contributed by atoms with van der Waals surface area (Å²) in [6.45, 7) is 4.74. The first-order valence-electron chi connectivity index (χ1n) is 9.35. The number of carbonyl (C=O) groups is 1.